The molecule has 0 aromatic heterocycles. The van der Waals surface area contributed by atoms with Crippen LogP contribution >= 0.6 is 0 Å². The van der Waals surface area contributed by atoms with Crippen molar-refractivity contribution in [2.45, 2.75) is 26.2 Å². The summed E-state index contributed by atoms with van der Waals surface area (Å²) >= 11 is 0. The average molecular weight is 158 g/mol. The molecule has 1 N–H and O–H groups in total. The number of hydrogen-bond acceptors (Lipinski definition) is 2. The first-order valence-corrected chi connectivity index (χ1v) is 4.62. The molecule has 1 rings (SSSR count). The summed E-state index contributed by atoms with van der Waals surface area (Å²) in [7, 11) is 4.11. The van der Waals surface area contributed by atoms with Crippen LogP contribution in [0.4, 0.5) is 0 Å². The molecule has 2 nitrogen and oxygen atoms in total. The highest BCUT2D eigenvalue weighted by molar-refractivity contribution is 4.55. The van der Waals surface area contributed by atoms with Crippen molar-refractivity contribution in [2.75, 3.05) is 33.7 Å². The smallest absolute Gasteiger partial charge is 0.00489 e. The van der Waals surface area contributed by atoms with Crippen molar-refractivity contribution in [3.8, 4) is 0 Å². The highest BCUT2D eigenvalue weighted by Gasteiger charge is 1.93. The summed E-state index contributed by atoms with van der Waals surface area (Å²) in [6.07, 6.45) is 4.22. The molecule has 0 spiro atoms. The van der Waals surface area contributed by atoms with E-state index in [0.717, 1.165) is 6.54 Å². The zero-order valence-corrected chi connectivity index (χ0v) is 8.19. The van der Waals surface area contributed by atoms with Crippen molar-refractivity contribution in [2.24, 2.45) is 0 Å². The quantitative estimate of drug-likeness (QED) is 0.619. The monoisotopic (exact) mass is 158 g/mol. The largest absolute Gasteiger partial charge is 0.317 e. The Morgan fingerprint density at radius 2 is 1.55 bits per heavy atom. The molecule has 0 saturated carbocycles. The second-order valence-electron chi connectivity index (χ2n) is 3.21. The lowest BCUT2D eigenvalue weighted by Crippen LogP contribution is -2.21. The molecule has 1 saturated heterocycles. The molecule has 0 bridgehead atoms. The van der Waals surface area contributed by atoms with Crippen LogP contribution in [0.3, 0.4) is 0 Å². The van der Waals surface area contributed by atoms with Gasteiger partial charge in [-0.15, -0.1) is 0 Å². The van der Waals surface area contributed by atoms with Gasteiger partial charge in [0.05, 0.1) is 0 Å². The van der Waals surface area contributed by atoms with Crippen LogP contribution < -0.4 is 5.32 Å². The summed E-state index contributed by atoms with van der Waals surface area (Å²) in [6.45, 7) is 5.76. The number of nitrogens with zero attached hydrogens (tertiary/aromatic N) is 1. The Morgan fingerprint density at radius 3 is 1.64 bits per heavy atom. The summed E-state index contributed by atoms with van der Waals surface area (Å²) in [5, 5.41) is 3.28. The Labute approximate surface area is 71.0 Å². The summed E-state index contributed by atoms with van der Waals surface area (Å²) in [5.41, 5.74) is 0. The van der Waals surface area contributed by atoms with E-state index in [4.69, 9.17) is 0 Å². The molecule has 0 unspecified atom stereocenters. The lowest BCUT2D eigenvalue weighted by Gasteiger charge is -2.08. The maximum Gasteiger partial charge on any atom is -0.00489 e. The van der Waals surface area contributed by atoms with Crippen LogP contribution in [0.5, 0.6) is 0 Å². The molecule has 0 atom stereocenters. The van der Waals surface area contributed by atoms with Crippen LogP contribution in [0.25, 0.3) is 0 Å². The van der Waals surface area contributed by atoms with E-state index in [1.54, 1.807) is 0 Å². The van der Waals surface area contributed by atoms with Gasteiger partial charge in [0.15, 0.2) is 0 Å². The van der Waals surface area contributed by atoms with Gasteiger partial charge in [0, 0.05) is 0 Å². The van der Waals surface area contributed by atoms with Gasteiger partial charge in [-0.2, -0.15) is 0 Å². The van der Waals surface area contributed by atoms with E-state index < -0.39 is 0 Å². The van der Waals surface area contributed by atoms with Crippen LogP contribution in [-0.4, -0.2) is 38.6 Å². The van der Waals surface area contributed by atoms with Crippen LogP contribution in [0.1, 0.15) is 26.2 Å². The van der Waals surface area contributed by atoms with E-state index in [0.29, 0.717) is 0 Å². The second kappa shape index (κ2) is 8.02. The normalized spacial score (nSPS) is 17.5. The Kier molecular flexibility index (Phi) is 7.96. The molecule has 1 aliphatic heterocycles. The number of rotatable bonds is 1. The Balaban J connectivity index is 0.000000187. The van der Waals surface area contributed by atoms with Gasteiger partial charge in [0.2, 0.25) is 0 Å². The van der Waals surface area contributed by atoms with Gasteiger partial charge in [-0.1, -0.05) is 13.3 Å². The molecule has 1 aliphatic rings. The molecule has 0 aliphatic carbocycles. The number of hydrogen-bond donors (Lipinski definition) is 1. The van der Waals surface area contributed by atoms with E-state index in [1.807, 2.05) is 0 Å². The standard InChI is InChI=1S/C5H11N.C4H11N/c1-2-4-6-5-3-1;1-4-5(2)3/h6H,1-5H2;4H2,1-3H3. The van der Waals surface area contributed by atoms with Gasteiger partial charge >= 0.3 is 0 Å². The predicted molar refractivity (Wildman–Crippen MR) is 50.9 cm³/mol. The lowest BCUT2D eigenvalue weighted by atomic mass is 10.2. The van der Waals surface area contributed by atoms with Gasteiger partial charge in [-0.25, -0.2) is 0 Å². The summed E-state index contributed by atoms with van der Waals surface area (Å²) < 4.78 is 0. The van der Waals surface area contributed by atoms with E-state index in [1.165, 1.54) is 32.4 Å². The first-order chi connectivity index (χ1) is 5.27. The van der Waals surface area contributed by atoms with Crippen molar-refractivity contribution in [1.29, 1.82) is 0 Å². The Morgan fingerprint density at radius 1 is 1.09 bits per heavy atom. The molecular weight excluding hydrogens is 136 g/mol. The fourth-order valence-electron chi connectivity index (χ4n) is 0.802. The molecular formula is C9H22N2. The van der Waals surface area contributed by atoms with Gasteiger partial charge in [-0.3, -0.25) is 0 Å². The van der Waals surface area contributed by atoms with E-state index in [-0.39, 0.29) is 0 Å². The molecule has 0 aromatic carbocycles. The molecule has 2 heteroatoms. The van der Waals surface area contributed by atoms with E-state index in [2.05, 4.69) is 31.2 Å². The van der Waals surface area contributed by atoms with Crippen LogP contribution in [0.15, 0.2) is 0 Å². The minimum atomic E-state index is 1.14. The molecule has 0 amide bonds. The SMILES string of the molecule is C1CCNCC1.CCN(C)C. The third-order valence-electron chi connectivity index (χ3n) is 1.84. The Bertz CT molecular complexity index is 56.5. The Hall–Kier alpha value is -0.0800. The van der Waals surface area contributed by atoms with Crippen LogP contribution in [0, 0.1) is 0 Å². The maximum absolute atomic E-state index is 3.28. The van der Waals surface area contributed by atoms with Gasteiger partial charge in [0.25, 0.3) is 0 Å². The topological polar surface area (TPSA) is 15.3 Å². The fourth-order valence-corrected chi connectivity index (χ4v) is 0.802. The molecule has 0 radical (unpaired) electrons. The molecule has 1 heterocycles. The van der Waals surface area contributed by atoms with Crippen LogP contribution in [0.2, 0.25) is 0 Å². The van der Waals surface area contributed by atoms with Crippen LogP contribution in [-0.2, 0) is 0 Å². The predicted octanol–water partition coefficient (Wildman–Crippen LogP) is 1.33. The minimum absolute atomic E-state index is 1.14. The highest BCUT2D eigenvalue weighted by Crippen LogP contribution is 1.96. The first kappa shape index (κ1) is 10.9. The molecule has 11 heavy (non-hydrogen) atoms. The fraction of sp³-hybridized carbons (Fsp3) is 1.00. The lowest BCUT2D eigenvalue weighted by molar-refractivity contribution is 0.434. The molecule has 68 valence electrons. The van der Waals surface area contributed by atoms with Gasteiger partial charge in [0.1, 0.15) is 0 Å². The van der Waals surface area contributed by atoms with Gasteiger partial charge in [-0.05, 0) is 46.6 Å². The maximum atomic E-state index is 3.28. The zero-order valence-electron chi connectivity index (χ0n) is 8.19. The highest BCUT2D eigenvalue weighted by atomic mass is 15.0. The zero-order chi connectivity index (χ0) is 8.53. The van der Waals surface area contributed by atoms with Crippen molar-refractivity contribution >= 4 is 0 Å². The molecule has 1 fully saturated rings. The summed E-state index contributed by atoms with van der Waals surface area (Å²) in [4.78, 5) is 2.12. The molecule has 0 aromatic rings. The van der Waals surface area contributed by atoms with Crippen molar-refractivity contribution in [3.63, 3.8) is 0 Å². The number of nitrogens with one attached hydrogen (secondary N) is 1. The summed E-state index contributed by atoms with van der Waals surface area (Å²) in [5.74, 6) is 0. The summed E-state index contributed by atoms with van der Waals surface area (Å²) in [6, 6.07) is 0. The van der Waals surface area contributed by atoms with Crippen molar-refractivity contribution in [3.05, 3.63) is 0 Å². The third kappa shape index (κ3) is 9.92. The van der Waals surface area contributed by atoms with E-state index in [9.17, 15) is 0 Å². The second-order valence-corrected chi connectivity index (χ2v) is 3.21. The number of piperidine rings is 1. The first-order valence-electron chi connectivity index (χ1n) is 4.62. The third-order valence-corrected chi connectivity index (χ3v) is 1.84. The van der Waals surface area contributed by atoms with E-state index >= 15 is 0 Å². The average Bonchev–Trinajstić information content (AvgIpc) is 2.09. The minimum Gasteiger partial charge on any atom is -0.317 e. The van der Waals surface area contributed by atoms with Gasteiger partial charge < -0.3 is 10.2 Å². The van der Waals surface area contributed by atoms with Crippen molar-refractivity contribution in [1.82, 2.24) is 10.2 Å². The van der Waals surface area contributed by atoms with Crippen molar-refractivity contribution < 1.29 is 0 Å².